The Bertz CT molecular complexity index is 452. The molecule has 0 aromatic heterocycles. The third-order valence-electron chi connectivity index (χ3n) is 4.78. The minimum Gasteiger partial charge on any atom is -0.390 e. The van der Waals surface area contributed by atoms with Crippen LogP contribution in [-0.2, 0) is 9.47 Å². The van der Waals surface area contributed by atoms with Crippen molar-refractivity contribution < 1.29 is 14.6 Å². The minimum atomic E-state index is -1.49. The minimum absolute atomic E-state index is 0.101. The molecule has 0 radical (unpaired) electrons. The maximum atomic E-state index is 10.7. The highest BCUT2D eigenvalue weighted by Crippen LogP contribution is 2.72. The number of methoxy groups -OCH3 is 2. The largest absolute Gasteiger partial charge is 0.390 e. The molecule has 0 aliphatic heterocycles. The van der Waals surface area contributed by atoms with Gasteiger partial charge in [0.05, 0.1) is 16.2 Å². The van der Waals surface area contributed by atoms with Gasteiger partial charge in [-0.25, -0.2) is 0 Å². The molecule has 2 aliphatic carbocycles. The van der Waals surface area contributed by atoms with Gasteiger partial charge in [0.25, 0.3) is 0 Å². The molecule has 0 spiro atoms. The highest BCUT2D eigenvalue weighted by atomic mass is 35.5. The van der Waals surface area contributed by atoms with Crippen LogP contribution in [0.2, 0.25) is 0 Å². The summed E-state index contributed by atoms with van der Waals surface area (Å²) in [4.78, 5) is -2.78. The summed E-state index contributed by atoms with van der Waals surface area (Å²) < 4.78 is 11.1. The molecule has 0 aromatic carbocycles. The number of fused-ring (bicyclic) bond motifs is 2. The van der Waals surface area contributed by atoms with E-state index in [9.17, 15) is 5.11 Å². The summed E-state index contributed by atoms with van der Waals surface area (Å²) in [5.41, 5.74) is 0. The topological polar surface area (TPSA) is 38.7 Å². The molecule has 1 fully saturated rings. The third-order valence-corrected chi connectivity index (χ3v) is 7.43. The van der Waals surface area contributed by atoms with E-state index in [4.69, 9.17) is 55.9 Å². The van der Waals surface area contributed by atoms with E-state index >= 15 is 0 Å². The second kappa shape index (κ2) is 6.01. The number of halogens is 4. The Labute approximate surface area is 145 Å². The SMILES string of the molecule is CCCCC[C@@H]1[C@H](O)[C@]2(Cl)C(Cl)=C(Cl)[C@@]1(Cl)C2(OC)OC. The van der Waals surface area contributed by atoms with Crippen molar-refractivity contribution in [2.45, 2.75) is 54.2 Å². The van der Waals surface area contributed by atoms with Gasteiger partial charge in [0.15, 0.2) is 4.87 Å². The van der Waals surface area contributed by atoms with Crippen molar-refractivity contribution in [2.75, 3.05) is 14.2 Å². The predicted molar refractivity (Wildman–Crippen MR) is 86.3 cm³/mol. The van der Waals surface area contributed by atoms with E-state index in [1.807, 2.05) is 0 Å². The van der Waals surface area contributed by atoms with Crippen molar-refractivity contribution in [3.63, 3.8) is 0 Å². The van der Waals surface area contributed by atoms with E-state index < -0.39 is 27.6 Å². The van der Waals surface area contributed by atoms with Crippen molar-refractivity contribution in [3.05, 3.63) is 10.1 Å². The van der Waals surface area contributed by atoms with E-state index in [1.54, 1.807) is 0 Å². The van der Waals surface area contributed by atoms with Crippen LogP contribution in [0.3, 0.4) is 0 Å². The Morgan fingerprint density at radius 2 is 1.57 bits per heavy atom. The lowest BCUT2D eigenvalue weighted by Gasteiger charge is -2.41. The number of ether oxygens (including phenoxy) is 2. The van der Waals surface area contributed by atoms with E-state index in [2.05, 4.69) is 6.92 Å². The number of rotatable bonds is 6. The van der Waals surface area contributed by atoms with Crippen LogP contribution in [0.15, 0.2) is 10.1 Å². The average Bonchev–Trinajstić information content (AvgIpc) is 2.70. The third kappa shape index (κ3) is 1.92. The van der Waals surface area contributed by atoms with Crippen molar-refractivity contribution >= 4 is 46.4 Å². The summed E-state index contributed by atoms with van der Waals surface area (Å²) in [7, 11) is 2.86. The summed E-state index contributed by atoms with van der Waals surface area (Å²) in [5.74, 6) is -1.88. The number of hydrogen-bond donors (Lipinski definition) is 1. The molecule has 2 rings (SSSR count). The molecule has 2 aliphatic rings. The maximum absolute atomic E-state index is 10.7. The summed E-state index contributed by atoms with van der Waals surface area (Å²) in [6.45, 7) is 2.11. The van der Waals surface area contributed by atoms with Crippen LogP contribution in [-0.4, -0.2) is 41.0 Å². The van der Waals surface area contributed by atoms with E-state index in [-0.39, 0.29) is 10.1 Å². The molecule has 122 valence electrons. The lowest BCUT2D eigenvalue weighted by atomic mass is 9.85. The number of alkyl halides is 2. The molecular formula is C14H20Cl4O3. The molecule has 0 saturated heterocycles. The Kier molecular flexibility index (Phi) is 5.19. The average molecular weight is 378 g/mol. The molecular weight excluding hydrogens is 358 g/mol. The van der Waals surface area contributed by atoms with Crippen LogP contribution < -0.4 is 0 Å². The number of hydrogen-bond acceptors (Lipinski definition) is 3. The standard InChI is InChI=1S/C14H20Cl4O3/c1-4-5-6-7-8-11(19)13(18)10(16)9(15)12(8,17)14(13,20-2)21-3/h8,11,19H,4-7H2,1-3H3/t8-,11+,12-,13-/m1/s1. The highest BCUT2D eigenvalue weighted by molar-refractivity contribution is 6.52. The van der Waals surface area contributed by atoms with Crippen LogP contribution in [0.25, 0.3) is 0 Å². The van der Waals surface area contributed by atoms with Gasteiger partial charge in [-0.05, 0) is 6.42 Å². The van der Waals surface area contributed by atoms with Crippen LogP contribution in [0.4, 0.5) is 0 Å². The van der Waals surface area contributed by atoms with E-state index in [0.717, 1.165) is 19.3 Å². The molecule has 1 saturated carbocycles. The van der Waals surface area contributed by atoms with Gasteiger partial charge in [-0.1, -0.05) is 49.4 Å². The Hall–Kier alpha value is 0.780. The molecule has 4 atom stereocenters. The van der Waals surface area contributed by atoms with Gasteiger partial charge in [-0.15, -0.1) is 23.2 Å². The van der Waals surface area contributed by atoms with Crippen molar-refractivity contribution in [1.82, 2.24) is 0 Å². The zero-order valence-corrected chi connectivity index (χ0v) is 15.3. The van der Waals surface area contributed by atoms with Crippen molar-refractivity contribution in [2.24, 2.45) is 5.92 Å². The molecule has 7 heteroatoms. The number of aliphatic hydroxyl groups excluding tert-OH is 1. The van der Waals surface area contributed by atoms with Gasteiger partial charge in [-0.3, -0.25) is 0 Å². The summed E-state index contributed by atoms with van der Waals surface area (Å²) in [6.07, 6.45) is 2.68. The zero-order chi connectivity index (χ0) is 16.1. The number of unbranched alkanes of at least 4 members (excludes halogenated alkanes) is 2. The van der Waals surface area contributed by atoms with Gasteiger partial charge >= 0.3 is 0 Å². The summed E-state index contributed by atoms with van der Waals surface area (Å²) in [5, 5.41) is 11.0. The fourth-order valence-corrected chi connectivity index (χ4v) is 5.87. The zero-order valence-electron chi connectivity index (χ0n) is 12.3. The Morgan fingerprint density at radius 1 is 1.05 bits per heavy atom. The first-order chi connectivity index (χ1) is 9.79. The first-order valence-electron chi connectivity index (χ1n) is 7.01. The van der Waals surface area contributed by atoms with Crippen molar-refractivity contribution in [1.29, 1.82) is 0 Å². The molecule has 21 heavy (non-hydrogen) atoms. The monoisotopic (exact) mass is 376 g/mol. The van der Waals surface area contributed by atoms with Crippen LogP contribution in [0.1, 0.15) is 32.6 Å². The summed E-state index contributed by atoms with van der Waals surface area (Å²) in [6, 6.07) is 0. The van der Waals surface area contributed by atoms with Crippen LogP contribution >= 0.6 is 46.4 Å². The van der Waals surface area contributed by atoms with Crippen LogP contribution in [0, 0.1) is 5.92 Å². The van der Waals surface area contributed by atoms with E-state index in [0.29, 0.717) is 6.42 Å². The molecule has 3 nitrogen and oxygen atoms in total. The lowest BCUT2D eigenvalue weighted by Crippen LogP contribution is -2.58. The molecule has 2 bridgehead atoms. The predicted octanol–water partition coefficient (Wildman–Crippen LogP) is 4.20. The second-order valence-corrected chi connectivity index (χ2v) is 7.57. The summed E-state index contributed by atoms with van der Waals surface area (Å²) >= 11 is 26.1. The molecule has 0 amide bonds. The first kappa shape index (κ1) is 18.1. The molecule has 0 heterocycles. The fourth-order valence-electron chi connectivity index (χ4n) is 3.75. The van der Waals surface area contributed by atoms with Crippen molar-refractivity contribution in [3.8, 4) is 0 Å². The Morgan fingerprint density at radius 3 is 2.00 bits per heavy atom. The smallest absolute Gasteiger partial charge is 0.220 e. The maximum Gasteiger partial charge on any atom is 0.220 e. The van der Waals surface area contributed by atoms with E-state index in [1.165, 1.54) is 14.2 Å². The first-order valence-corrected chi connectivity index (χ1v) is 8.53. The fraction of sp³-hybridized carbons (Fsp3) is 0.857. The molecule has 0 aromatic rings. The van der Waals surface area contributed by atoms with Gasteiger partial charge in [-0.2, -0.15) is 0 Å². The highest BCUT2D eigenvalue weighted by Gasteiger charge is 2.84. The number of aliphatic hydroxyl groups is 1. The van der Waals surface area contributed by atoms with Crippen LogP contribution in [0.5, 0.6) is 0 Å². The van der Waals surface area contributed by atoms with Gasteiger partial charge in [0, 0.05) is 20.1 Å². The Balaban J connectivity index is 2.51. The molecule has 0 unspecified atom stereocenters. The second-order valence-electron chi connectivity index (χ2n) is 5.62. The lowest BCUT2D eigenvalue weighted by molar-refractivity contribution is -0.222. The quantitative estimate of drug-likeness (QED) is 0.428. The normalized spacial score (nSPS) is 41.1. The van der Waals surface area contributed by atoms with Gasteiger partial charge < -0.3 is 14.6 Å². The molecule has 1 N–H and O–H groups in total. The van der Waals surface area contributed by atoms with Gasteiger partial charge in [0.1, 0.15) is 4.87 Å². The van der Waals surface area contributed by atoms with Gasteiger partial charge in [0.2, 0.25) is 5.79 Å².